The van der Waals surface area contributed by atoms with Gasteiger partial charge in [-0.2, -0.15) is 5.10 Å². The minimum Gasteiger partial charge on any atom is -0.352 e. The Morgan fingerprint density at radius 3 is 2.62 bits per heavy atom. The van der Waals surface area contributed by atoms with Crippen LogP contribution >= 0.6 is 0 Å². The molecule has 10 nitrogen and oxygen atoms in total. The van der Waals surface area contributed by atoms with Crippen LogP contribution in [0.1, 0.15) is 10.4 Å². The number of piperazine rings is 1. The van der Waals surface area contributed by atoms with Crippen LogP contribution in [-0.4, -0.2) is 71.4 Å². The minimum absolute atomic E-state index is 0.129. The van der Waals surface area contributed by atoms with Crippen LogP contribution in [0.5, 0.6) is 0 Å². The Bertz CT molecular complexity index is 1170. The van der Waals surface area contributed by atoms with E-state index in [0.29, 0.717) is 37.4 Å². The van der Waals surface area contributed by atoms with E-state index in [9.17, 15) is 13.2 Å². The monoisotopic (exact) mass is 415 g/mol. The third-order valence-electron chi connectivity index (χ3n) is 4.79. The second kappa shape index (κ2) is 7.32. The topological polar surface area (TPSA) is 113 Å². The standard InChI is InChI=1S/C18H21N7O3S/c1-23-16-15(11-21-23)17(20-12-19-16)24-6-8-25(9-7-24)18(26)13-4-3-5-14(10-13)22-29(2,27)28/h3-5,10-12,22H,6-9H2,1-2H3. The van der Waals surface area contributed by atoms with Crippen molar-refractivity contribution < 1.29 is 13.2 Å². The van der Waals surface area contributed by atoms with Gasteiger partial charge < -0.3 is 9.80 Å². The van der Waals surface area contributed by atoms with Crippen LogP contribution in [0.15, 0.2) is 36.8 Å². The van der Waals surface area contributed by atoms with E-state index in [1.807, 2.05) is 7.05 Å². The van der Waals surface area contributed by atoms with E-state index in [1.165, 1.54) is 6.33 Å². The summed E-state index contributed by atoms with van der Waals surface area (Å²) in [6, 6.07) is 6.52. The first kappa shape index (κ1) is 19.1. The molecule has 0 atom stereocenters. The molecule has 2 aromatic heterocycles. The number of sulfonamides is 1. The smallest absolute Gasteiger partial charge is 0.254 e. The number of fused-ring (bicyclic) bond motifs is 1. The van der Waals surface area contributed by atoms with Crippen molar-refractivity contribution in [2.24, 2.45) is 7.05 Å². The molecular weight excluding hydrogens is 394 g/mol. The fourth-order valence-corrected chi connectivity index (χ4v) is 3.99. The number of carbonyl (C=O) groups excluding carboxylic acids is 1. The van der Waals surface area contributed by atoms with Crippen LogP contribution in [0.25, 0.3) is 11.0 Å². The van der Waals surface area contributed by atoms with E-state index in [0.717, 1.165) is 23.1 Å². The SMILES string of the molecule is Cn1ncc2c(N3CCN(C(=O)c4cccc(NS(C)(=O)=O)c4)CC3)ncnc21. The predicted octanol–water partition coefficient (Wildman–Crippen LogP) is 0.697. The molecule has 1 saturated heterocycles. The lowest BCUT2D eigenvalue weighted by atomic mass is 10.1. The fourth-order valence-electron chi connectivity index (χ4n) is 3.44. The van der Waals surface area contributed by atoms with E-state index >= 15 is 0 Å². The highest BCUT2D eigenvalue weighted by Crippen LogP contribution is 2.23. The van der Waals surface area contributed by atoms with E-state index in [1.54, 1.807) is 40.0 Å². The summed E-state index contributed by atoms with van der Waals surface area (Å²) < 4.78 is 26.9. The Balaban J connectivity index is 1.47. The van der Waals surface area contributed by atoms with Gasteiger partial charge in [0.05, 0.1) is 17.8 Å². The molecule has 1 fully saturated rings. The summed E-state index contributed by atoms with van der Waals surface area (Å²) in [6.45, 7) is 2.34. The molecule has 1 N–H and O–H groups in total. The molecule has 1 aliphatic rings. The maximum atomic E-state index is 12.9. The van der Waals surface area contributed by atoms with Gasteiger partial charge in [0.2, 0.25) is 10.0 Å². The molecule has 4 rings (SSSR count). The van der Waals surface area contributed by atoms with Gasteiger partial charge in [0.25, 0.3) is 5.91 Å². The average molecular weight is 415 g/mol. The van der Waals surface area contributed by atoms with Gasteiger partial charge >= 0.3 is 0 Å². The summed E-state index contributed by atoms with van der Waals surface area (Å²) in [4.78, 5) is 25.4. The second-order valence-corrected chi connectivity index (χ2v) is 8.69. The molecule has 152 valence electrons. The van der Waals surface area contributed by atoms with Crippen molar-refractivity contribution in [3.63, 3.8) is 0 Å². The maximum absolute atomic E-state index is 12.9. The molecule has 0 radical (unpaired) electrons. The number of hydrogen-bond acceptors (Lipinski definition) is 7. The molecule has 1 aliphatic heterocycles. The molecular formula is C18H21N7O3S. The van der Waals surface area contributed by atoms with Crippen molar-refractivity contribution in [3.05, 3.63) is 42.4 Å². The fraction of sp³-hybridized carbons (Fsp3) is 0.333. The second-order valence-electron chi connectivity index (χ2n) is 6.94. The van der Waals surface area contributed by atoms with Crippen molar-refractivity contribution in [2.45, 2.75) is 0 Å². The summed E-state index contributed by atoms with van der Waals surface area (Å²) in [5, 5.41) is 5.13. The number of carbonyl (C=O) groups is 1. The van der Waals surface area contributed by atoms with Gasteiger partial charge in [-0.15, -0.1) is 0 Å². The Morgan fingerprint density at radius 1 is 1.14 bits per heavy atom. The van der Waals surface area contributed by atoms with E-state index in [-0.39, 0.29) is 5.91 Å². The molecule has 1 amide bonds. The highest BCUT2D eigenvalue weighted by molar-refractivity contribution is 7.92. The number of aryl methyl sites for hydroxylation is 1. The molecule has 3 heterocycles. The summed E-state index contributed by atoms with van der Waals surface area (Å²) >= 11 is 0. The molecule has 0 saturated carbocycles. The number of benzene rings is 1. The van der Waals surface area contributed by atoms with Crippen LogP contribution in [0, 0.1) is 0 Å². The summed E-state index contributed by atoms with van der Waals surface area (Å²) in [6.07, 6.45) is 4.35. The predicted molar refractivity (Wildman–Crippen MR) is 109 cm³/mol. The van der Waals surface area contributed by atoms with Crippen LogP contribution in [0.2, 0.25) is 0 Å². The number of nitrogens with zero attached hydrogens (tertiary/aromatic N) is 6. The van der Waals surface area contributed by atoms with E-state index in [4.69, 9.17) is 0 Å². The lowest BCUT2D eigenvalue weighted by Gasteiger charge is -2.35. The molecule has 3 aromatic rings. The number of hydrogen-bond donors (Lipinski definition) is 1. The van der Waals surface area contributed by atoms with Crippen LogP contribution in [0.3, 0.4) is 0 Å². The third-order valence-corrected chi connectivity index (χ3v) is 5.39. The van der Waals surface area contributed by atoms with Gasteiger partial charge in [-0.1, -0.05) is 6.07 Å². The molecule has 0 unspecified atom stereocenters. The molecule has 11 heteroatoms. The first-order valence-electron chi connectivity index (χ1n) is 9.06. The third kappa shape index (κ3) is 3.99. The van der Waals surface area contributed by atoms with Crippen molar-refractivity contribution in [3.8, 4) is 0 Å². The Labute approximate surface area is 168 Å². The average Bonchev–Trinajstić information content (AvgIpc) is 3.08. The number of rotatable bonds is 4. The number of amides is 1. The van der Waals surface area contributed by atoms with Crippen molar-refractivity contribution in [1.29, 1.82) is 0 Å². The normalized spacial score (nSPS) is 15.0. The quantitative estimate of drug-likeness (QED) is 0.667. The van der Waals surface area contributed by atoms with E-state index < -0.39 is 10.0 Å². The largest absolute Gasteiger partial charge is 0.352 e. The zero-order valence-corrected chi connectivity index (χ0v) is 16.9. The maximum Gasteiger partial charge on any atom is 0.254 e. The van der Waals surface area contributed by atoms with Crippen molar-refractivity contribution >= 4 is 38.5 Å². The van der Waals surface area contributed by atoms with Gasteiger partial charge in [0.1, 0.15) is 12.1 Å². The zero-order valence-electron chi connectivity index (χ0n) is 16.1. The zero-order chi connectivity index (χ0) is 20.6. The Kier molecular flexibility index (Phi) is 4.82. The van der Waals surface area contributed by atoms with Crippen molar-refractivity contribution in [2.75, 3.05) is 42.1 Å². The summed E-state index contributed by atoms with van der Waals surface area (Å²) in [7, 11) is -1.56. The highest BCUT2D eigenvalue weighted by Gasteiger charge is 2.24. The molecule has 29 heavy (non-hydrogen) atoms. The van der Waals surface area contributed by atoms with Crippen LogP contribution in [-0.2, 0) is 17.1 Å². The Hall–Kier alpha value is -3.21. The van der Waals surface area contributed by atoms with Crippen LogP contribution in [0.4, 0.5) is 11.5 Å². The lowest BCUT2D eigenvalue weighted by molar-refractivity contribution is 0.0746. The number of anilines is 2. The summed E-state index contributed by atoms with van der Waals surface area (Å²) in [5.74, 6) is 0.686. The number of nitrogens with one attached hydrogen (secondary N) is 1. The molecule has 0 bridgehead atoms. The first-order valence-corrected chi connectivity index (χ1v) is 11.0. The lowest BCUT2D eigenvalue weighted by Crippen LogP contribution is -2.49. The van der Waals surface area contributed by atoms with Gasteiger partial charge in [-0.3, -0.25) is 14.2 Å². The minimum atomic E-state index is -3.40. The first-order chi connectivity index (χ1) is 13.8. The van der Waals surface area contributed by atoms with Gasteiger partial charge in [0, 0.05) is 44.5 Å². The van der Waals surface area contributed by atoms with Gasteiger partial charge in [-0.25, -0.2) is 18.4 Å². The van der Waals surface area contributed by atoms with Gasteiger partial charge in [0.15, 0.2) is 5.65 Å². The molecule has 0 aliphatic carbocycles. The number of aromatic nitrogens is 4. The van der Waals surface area contributed by atoms with Crippen molar-refractivity contribution in [1.82, 2.24) is 24.6 Å². The molecule has 0 spiro atoms. The highest BCUT2D eigenvalue weighted by atomic mass is 32.2. The summed E-state index contributed by atoms with van der Waals surface area (Å²) in [5.41, 5.74) is 1.59. The van der Waals surface area contributed by atoms with Gasteiger partial charge in [-0.05, 0) is 18.2 Å². The Morgan fingerprint density at radius 2 is 1.90 bits per heavy atom. The van der Waals surface area contributed by atoms with E-state index in [2.05, 4.69) is 24.7 Å². The molecule has 1 aromatic carbocycles. The van der Waals surface area contributed by atoms with Crippen LogP contribution < -0.4 is 9.62 Å².